The smallest absolute Gasteiger partial charge is 0.331 e. The lowest BCUT2D eigenvalue weighted by atomic mass is 10.1. The van der Waals surface area contributed by atoms with Crippen molar-refractivity contribution in [2.24, 2.45) is 0 Å². The monoisotopic (exact) mass is 185 g/mol. The van der Waals surface area contributed by atoms with Gasteiger partial charge in [0.15, 0.2) is 0 Å². The molecular formula is C9H15NO3. The Bertz CT molecular complexity index is 238. The first-order valence-electron chi connectivity index (χ1n) is 3.94. The summed E-state index contributed by atoms with van der Waals surface area (Å²) in [6, 6.07) is 0. The van der Waals surface area contributed by atoms with Gasteiger partial charge in [-0.3, -0.25) is 4.79 Å². The predicted octanol–water partition coefficient (Wildman–Crippen LogP) is 0.932. The van der Waals surface area contributed by atoms with Crippen LogP contribution in [0.15, 0.2) is 12.2 Å². The van der Waals surface area contributed by atoms with Crippen molar-refractivity contribution >= 4 is 11.9 Å². The van der Waals surface area contributed by atoms with Gasteiger partial charge in [-0.25, -0.2) is 4.79 Å². The van der Waals surface area contributed by atoms with E-state index in [1.54, 1.807) is 0 Å². The van der Waals surface area contributed by atoms with Crippen LogP contribution in [0.2, 0.25) is 0 Å². The van der Waals surface area contributed by atoms with Crippen molar-refractivity contribution in [1.82, 2.24) is 5.32 Å². The highest BCUT2D eigenvalue weighted by Crippen LogP contribution is 2.03. The molecule has 4 nitrogen and oxygen atoms in total. The van der Waals surface area contributed by atoms with E-state index in [1.807, 2.05) is 20.8 Å². The summed E-state index contributed by atoms with van der Waals surface area (Å²) in [4.78, 5) is 21.5. The molecule has 0 aliphatic carbocycles. The number of carbonyl (C=O) groups excluding carboxylic acids is 1. The normalized spacial score (nSPS) is 10.7. The van der Waals surface area contributed by atoms with E-state index in [-0.39, 0.29) is 23.4 Å². The second kappa shape index (κ2) is 4.07. The van der Waals surface area contributed by atoms with Gasteiger partial charge in [-0.15, -0.1) is 0 Å². The molecule has 0 rings (SSSR count). The molecule has 0 atom stereocenters. The number of carboxylic acid groups (broad SMARTS) is 1. The van der Waals surface area contributed by atoms with E-state index in [1.165, 1.54) is 0 Å². The number of hydrogen-bond donors (Lipinski definition) is 2. The number of carbonyl (C=O) groups is 2. The second-order valence-corrected chi connectivity index (χ2v) is 3.88. The SMILES string of the molecule is C=C(CC(=O)NC(C)(C)C)C(=O)O. The largest absolute Gasteiger partial charge is 0.478 e. The van der Waals surface area contributed by atoms with E-state index in [4.69, 9.17) is 5.11 Å². The fraction of sp³-hybridized carbons (Fsp3) is 0.556. The number of aliphatic carboxylic acids is 1. The van der Waals surface area contributed by atoms with Crippen LogP contribution < -0.4 is 5.32 Å². The van der Waals surface area contributed by atoms with Crippen LogP contribution in [0.4, 0.5) is 0 Å². The summed E-state index contributed by atoms with van der Waals surface area (Å²) in [6.45, 7) is 8.75. The van der Waals surface area contributed by atoms with E-state index >= 15 is 0 Å². The standard InChI is InChI=1S/C9H15NO3/c1-6(8(12)13)5-7(11)10-9(2,3)4/h1,5H2,2-4H3,(H,10,11)(H,12,13). The molecule has 0 spiro atoms. The molecule has 0 saturated carbocycles. The number of amides is 1. The Labute approximate surface area is 77.6 Å². The minimum absolute atomic E-state index is 0.0956. The topological polar surface area (TPSA) is 66.4 Å². The van der Waals surface area contributed by atoms with E-state index < -0.39 is 5.97 Å². The maximum absolute atomic E-state index is 11.1. The zero-order valence-corrected chi connectivity index (χ0v) is 8.18. The average molecular weight is 185 g/mol. The Morgan fingerprint density at radius 2 is 1.85 bits per heavy atom. The van der Waals surface area contributed by atoms with Gasteiger partial charge in [0.25, 0.3) is 0 Å². The van der Waals surface area contributed by atoms with Gasteiger partial charge in [0, 0.05) is 11.1 Å². The highest BCUT2D eigenvalue weighted by molar-refractivity contribution is 5.93. The molecule has 0 bridgehead atoms. The van der Waals surface area contributed by atoms with Crippen LogP contribution in [0.3, 0.4) is 0 Å². The summed E-state index contributed by atoms with van der Waals surface area (Å²) in [5, 5.41) is 11.1. The van der Waals surface area contributed by atoms with E-state index in [0.29, 0.717) is 0 Å². The lowest BCUT2D eigenvalue weighted by Crippen LogP contribution is -2.40. The van der Waals surface area contributed by atoms with Crippen LogP contribution in [0.25, 0.3) is 0 Å². The molecule has 4 heteroatoms. The van der Waals surface area contributed by atoms with Crippen LogP contribution in [0.5, 0.6) is 0 Å². The van der Waals surface area contributed by atoms with Crippen LogP contribution in [0.1, 0.15) is 27.2 Å². The number of carboxylic acids is 1. The van der Waals surface area contributed by atoms with Gasteiger partial charge in [-0.1, -0.05) is 6.58 Å². The molecular weight excluding hydrogens is 170 g/mol. The van der Waals surface area contributed by atoms with Crippen LogP contribution in [-0.2, 0) is 9.59 Å². The van der Waals surface area contributed by atoms with Crippen LogP contribution in [-0.4, -0.2) is 22.5 Å². The van der Waals surface area contributed by atoms with Crippen molar-refractivity contribution in [3.05, 3.63) is 12.2 Å². The molecule has 0 aliphatic rings. The summed E-state index contributed by atoms with van der Waals surface area (Å²) >= 11 is 0. The first-order chi connectivity index (χ1) is 5.72. The second-order valence-electron chi connectivity index (χ2n) is 3.88. The van der Waals surface area contributed by atoms with Gasteiger partial charge in [0.2, 0.25) is 5.91 Å². The van der Waals surface area contributed by atoms with Crippen molar-refractivity contribution in [3.8, 4) is 0 Å². The Hall–Kier alpha value is -1.32. The molecule has 74 valence electrons. The third-order valence-corrected chi connectivity index (χ3v) is 1.19. The van der Waals surface area contributed by atoms with E-state index in [9.17, 15) is 9.59 Å². The molecule has 0 aromatic rings. The molecule has 13 heavy (non-hydrogen) atoms. The number of rotatable bonds is 3. The third kappa shape index (κ3) is 5.90. The van der Waals surface area contributed by atoms with Crippen molar-refractivity contribution < 1.29 is 14.7 Å². The zero-order chi connectivity index (χ0) is 10.6. The summed E-state index contributed by atoms with van der Waals surface area (Å²) in [6.07, 6.45) is -0.160. The van der Waals surface area contributed by atoms with Gasteiger partial charge < -0.3 is 10.4 Å². The molecule has 0 fully saturated rings. The highest BCUT2D eigenvalue weighted by Gasteiger charge is 2.16. The number of nitrogens with one attached hydrogen (secondary N) is 1. The molecule has 0 aliphatic heterocycles. The van der Waals surface area contributed by atoms with Gasteiger partial charge in [-0.2, -0.15) is 0 Å². The average Bonchev–Trinajstić information content (AvgIpc) is 1.81. The van der Waals surface area contributed by atoms with E-state index in [0.717, 1.165) is 0 Å². The zero-order valence-electron chi connectivity index (χ0n) is 8.18. The lowest BCUT2D eigenvalue weighted by Gasteiger charge is -2.20. The summed E-state index contributed by atoms with van der Waals surface area (Å²) in [5.74, 6) is -1.45. The molecule has 0 unspecified atom stereocenters. The maximum Gasteiger partial charge on any atom is 0.331 e. The van der Waals surface area contributed by atoms with Crippen molar-refractivity contribution in [2.45, 2.75) is 32.7 Å². The molecule has 2 N–H and O–H groups in total. The van der Waals surface area contributed by atoms with Crippen molar-refractivity contribution in [1.29, 1.82) is 0 Å². The first-order valence-corrected chi connectivity index (χ1v) is 3.94. The van der Waals surface area contributed by atoms with Gasteiger partial charge >= 0.3 is 5.97 Å². The molecule has 0 saturated heterocycles. The molecule has 0 heterocycles. The molecule has 0 aromatic heterocycles. The highest BCUT2D eigenvalue weighted by atomic mass is 16.4. The molecule has 0 radical (unpaired) electrons. The lowest BCUT2D eigenvalue weighted by molar-refractivity contribution is -0.134. The van der Waals surface area contributed by atoms with Crippen LogP contribution in [0, 0.1) is 0 Å². The van der Waals surface area contributed by atoms with E-state index in [2.05, 4.69) is 11.9 Å². The fourth-order valence-corrected chi connectivity index (χ4v) is 0.732. The van der Waals surface area contributed by atoms with Crippen LogP contribution >= 0.6 is 0 Å². The Balaban J connectivity index is 4.04. The van der Waals surface area contributed by atoms with Crippen molar-refractivity contribution in [2.75, 3.05) is 0 Å². The number of hydrogen-bond acceptors (Lipinski definition) is 2. The Kier molecular flexibility index (Phi) is 3.66. The quantitative estimate of drug-likeness (QED) is 0.643. The van der Waals surface area contributed by atoms with Crippen molar-refractivity contribution in [3.63, 3.8) is 0 Å². The fourth-order valence-electron chi connectivity index (χ4n) is 0.732. The van der Waals surface area contributed by atoms with Gasteiger partial charge in [0.05, 0.1) is 6.42 Å². The maximum atomic E-state index is 11.1. The summed E-state index contributed by atoms with van der Waals surface area (Å²) < 4.78 is 0. The molecule has 0 aromatic carbocycles. The Morgan fingerprint density at radius 1 is 1.38 bits per heavy atom. The van der Waals surface area contributed by atoms with Gasteiger partial charge in [0.1, 0.15) is 0 Å². The minimum atomic E-state index is -1.14. The minimum Gasteiger partial charge on any atom is -0.478 e. The summed E-state index contributed by atoms with van der Waals surface area (Å²) in [7, 11) is 0. The predicted molar refractivity (Wildman–Crippen MR) is 49.3 cm³/mol. The summed E-state index contributed by atoms with van der Waals surface area (Å²) in [5.41, 5.74) is -0.433. The molecule has 1 amide bonds. The third-order valence-electron chi connectivity index (χ3n) is 1.19. The Morgan fingerprint density at radius 3 is 2.15 bits per heavy atom. The first kappa shape index (κ1) is 11.7. The van der Waals surface area contributed by atoms with Gasteiger partial charge in [-0.05, 0) is 20.8 Å².